The van der Waals surface area contributed by atoms with Gasteiger partial charge in [-0.05, 0) is 5.56 Å². The predicted octanol–water partition coefficient (Wildman–Crippen LogP) is -0.757. The number of hydrogen-bond acceptors (Lipinski definition) is 8. The summed E-state index contributed by atoms with van der Waals surface area (Å²) in [5.74, 6) is -1.06. The van der Waals surface area contributed by atoms with Gasteiger partial charge in [-0.1, -0.05) is 0 Å². The van der Waals surface area contributed by atoms with Crippen molar-refractivity contribution in [2.75, 3.05) is 17.2 Å². The van der Waals surface area contributed by atoms with Crippen molar-refractivity contribution in [3.63, 3.8) is 0 Å². The molecule has 0 aliphatic carbocycles. The highest BCUT2D eigenvalue weighted by Gasteiger charge is 2.27. The van der Waals surface area contributed by atoms with E-state index in [1.165, 1.54) is 12.1 Å². The summed E-state index contributed by atoms with van der Waals surface area (Å²) in [5.41, 5.74) is 0.822. The van der Waals surface area contributed by atoms with Gasteiger partial charge in [0.15, 0.2) is 12.5 Å². The molecule has 0 fully saturated rings. The third-order valence-corrected chi connectivity index (χ3v) is 2.90. The first-order valence-corrected chi connectivity index (χ1v) is 6.01. The van der Waals surface area contributed by atoms with Crippen molar-refractivity contribution in [1.82, 2.24) is 5.32 Å². The Bertz CT molecular complexity index is 578. The van der Waals surface area contributed by atoms with Crippen LogP contribution >= 0.6 is 0 Å². The van der Waals surface area contributed by atoms with Crippen LogP contribution in [0.25, 0.3) is 0 Å². The normalized spacial score (nSPS) is 20.1. The zero-order valence-electron chi connectivity index (χ0n) is 10.7. The van der Waals surface area contributed by atoms with Crippen LogP contribution in [0.1, 0.15) is 5.56 Å². The van der Waals surface area contributed by atoms with E-state index in [1.54, 1.807) is 0 Å². The molecule has 0 saturated carbocycles. The largest absolute Gasteiger partial charge is 0.480 e. The van der Waals surface area contributed by atoms with E-state index < -0.39 is 23.3 Å². The van der Waals surface area contributed by atoms with Gasteiger partial charge in [-0.25, -0.2) is 0 Å². The van der Waals surface area contributed by atoms with Gasteiger partial charge >= 0.3 is 5.97 Å². The van der Waals surface area contributed by atoms with Crippen molar-refractivity contribution < 1.29 is 25.0 Å². The third kappa shape index (κ3) is 3.37. The summed E-state index contributed by atoms with van der Waals surface area (Å²) in [4.78, 5) is 20.8. The summed E-state index contributed by atoms with van der Waals surface area (Å²) in [6.45, 7) is -0.260. The molecule has 1 aliphatic heterocycles. The number of hydrogen-bond donors (Lipinski definition) is 6. The number of aliphatic hydroxyl groups is 2. The van der Waals surface area contributed by atoms with Crippen molar-refractivity contribution >= 4 is 23.0 Å². The van der Waals surface area contributed by atoms with E-state index in [9.17, 15) is 25.1 Å². The van der Waals surface area contributed by atoms with E-state index in [0.29, 0.717) is 11.3 Å². The van der Waals surface area contributed by atoms with E-state index in [-0.39, 0.29) is 24.5 Å². The molecule has 1 aliphatic rings. The van der Waals surface area contributed by atoms with Crippen molar-refractivity contribution in [1.29, 1.82) is 0 Å². The summed E-state index contributed by atoms with van der Waals surface area (Å²) in [5, 5.41) is 46.3. The molecule has 2 rings (SSSR count). The summed E-state index contributed by atoms with van der Waals surface area (Å²) in [6, 6.07) is 2.49. The second-order valence-electron chi connectivity index (χ2n) is 4.46. The number of anilines is 2. The van der Waals surface area contributed by atoms with E-state index in [2.05, 4.69) is 16.0 Å². The molecule has 0 spiro atoms. The minimum atomic E-state index is -1.31. The summed E-state index contributed by atoms with van der Waals surface area (Å²) in [6.07, 6.45) is -2.59. The van der Waals surface area contributed by atoms with Gasteiger partial charge in [-0.2, -0.15) is 0 Å². The van der Waals surface area contributed by atoms with E-state index in [1.807, 2.05) is 0 Å². The number of benzene rings is 1. The molecule has 6 N–H and O–H groups in total. The molecule has 2 unspecified atom stereocenters. The monoisotopic (exact) mass is 298 g/mol. The smallest absolute Gasteiger partial charge is 0.317 e. The fraction of sp³-hybridized carbons (Fsp3) is 0.364. The second-order valence-corrected chi connectivity index (χ2v) is 4.46. The highest BCUT2D eigenvalue weighted by molar-refractivity contribution is 5.78. The van der Waals surface area contributed by atoms with Gasteiger partial charge in [0.1, 0.15) is 0 Å². The lowest BCUT2D eigenvalue weighted by Gasteiger charge is -2.31. The fourth-order valence-corrected chi connectivity index (χ4v) is 1.98. The quantitative estimate of drug-likeness (QED) is 0.304. The molecule has 1 aromatic carbocycles. The van der Waals surface area contributed by atoms with Gasteiger partial charge in [0.25, 0.3) is 5.69 Å². The molecule has 0 saturated heterocycles. The molecule has 21 heavy (non-hydrogen) atoms. The minimum Gasteiger partial charge on any atom is -0.480 e. The molecule has 0 radical (unpaired) electrons. The maximum Gasteiger partial charge on any atom is 0.317 e. The SMILES string of the molecule is O=C(O)CNCc1cc([N+](=O)[O-])cc2c1NC(O)C(O)N2. The van der Waals surface area contributed by atoms with Crippen LogP contribution in [0.4, 0.5) is 17.1 Å². The molecule has 2 atom stereocenters. The topological polar surface area (TPSA) is 157 Å². The van der Waals surface area contributed by atoms with Gasteiger partial charge in [-0.3, -0.25) is 14.9 Å². The highest BCUT2D eigenvalue weighted by atomic mass is 16.6. The van der Waals surface area contributed by atoms with E-state index in [0.717, 1.165) is 0 Å². The maximum absolute atomic E-state index is 10.9. The number of nitro benzene ring substituents is 1. The van der Waals surface area contributed by atoms with Crippen LogP contribution in [0.3, 0.4) is 0 Å². The number of nitrogens with one attached hydrogen (secondary N) is 3. The van der Waals surface area contributed by atoms with Crippen LogP contribution in [0.2, 0.25) is 0 Å². The molecule has 10 nitrogen and oxygen atoms in total. The van der Waals surface area contributed by atoms with Gasteiger partial charge in [0.05, 0.1) is 22.8 Å². The van der Waals surface area contributed by atoms with Crippen molar-refractivity contribution in [3.05, 3.63) is 27.8 Å². The third-order valence-electron chi connectivity index (χ3n) is 2.90. The van der Waals surface area contributed by atoms with Crippen LogP contribution in [0.15, 0.2) is 12.1 Å². The number of carbonyl (C=O) groups is 1. The Kier molecular flexibility index (Phi) is 4.21. The minimum absolute atomic E-state index is 0.0494. The van der Waals surface area contributed by atoms with Crippen molar-refractivity contribution in [2.24, 2.45) is 0 Å². The first kappa shape index (κ1) is 15.0. The number of carboxylic acids is 1. The molecule has 0 amide bonds. The van der Waals surface area contributed by atoms with Gasteiger partial charge in [-0.15, -0.1) is 0 Å². The zero-order valence-corrected chi connectivity index (χ0v) is 10.7. The van der Waals surface area contributed by atoms with E-state index in [4.69, 9.17) is 5.11 Å². The fourth-order valence-electron chi connectivity index (χ4n) is 1.98. The lowest BCUT2D eigenvalue weighted by molar-refractivity contribution is -0.384. The van der Waals surface area contributed by atoms with E-state index >= 15 is 0 Å². The van der Waals surface area contributed by atoms with Crippen molar-refractivity contribution in [3.8, 4) is 0 Å². The average molecular weight is 298 g/mol. The van der Waals surface area contributed by atoms with Crippen LogP contribution in [0, 0.1) is 10.1 Å². The molecule has 0 bridgehead atoms. The Hall–Kier alpha value is -2.43. The van der Waals surface area contributed by atoms with Crippen LogP contribution in [-0.4, -0.2) is 45.2 Å². The Morgan fingerprint density at radius 1 is 1.33 bits per heavy atom. The number of aliphatic carboxylic acids is 1. The zero-order chi connectivity index (χ0) is 15.6. The predicted molar refractivity (Wildman–Crippen MR) is 71.7 cm³/mol. The number of fused-ring (bicyclic) bond motifs is 1. The Morgan fingerprint density at radius 2 is 2.00 bits per heavy atom. The number of rotatable bonds is 5. The summed E-state index contributed by atoms with van der Waals surface area (Å²) >= 11 is 0. The molecule has 10 heteroatoms. The lowest BCUT2D eigenvalue weighted by Crippen LogP contribution is -2.43. The first-order chi connectivity index (χ1) is 9.88. The summed E-state index contributed by atoms with van der Waals surface area (Å²) in [7, 11) is 0. The Labute approximate surface area is 118 Å². The van der Waals surface area contributed by atoms with Crippen LogP contribution in [0.5, 0.6) is 0 Å². The number of aliphatic hydroxyl groups excluding tert-OH is 2. The number of nitrogens with zero attached hydrogens (tertiary/aromatic N) is 1. The molecule has 1 aromatic rings. The molecular formula is C11H14N4O6. The van der Waals surface area contributed by atoms with Crippen LogP contribution < -0.4 is 16.0 Å². The Balaban J connectivity index is 2.32. The van der Waals surface area contributed by atoms with Gasteiger partial charge in [0.2, 0.25) is 0 Å². The van der Waals surface area contributed by atoms with Gasteiger partial charge in [0, 0.05) is 18.7 Å². The number of nitro groups is 1. The maximum atomic E-state index is 10.9. The molecule has 0 aromatic heterocycles. The average Bonchev–Trinajstić information content (AvgIpc) is 2.39. The standard InChI is InChI=1S/C11H14N4O6/c16-8(17)4-12-3-5-1-6(15(20)21)2-7-9(5)14-11(19)10(18)13-7/h1-2,10-14,18-19H,3-4H2,(H,16,17). The second kappa shape index (κ2) is 5.91. The number of carboxylic acid groups (broad SMARTS) is 1. The van der Waals surface area contributed by atoms with Crippen molar-refractivity contribution in [2.45, 2.75) is 19.0 Å². The van der Waals surface area contributed by atoms with Gasteiger partial charge < -0.3 is 31.3 Å². The summed E-state index contributed by atoms with van der Waals surface area (Å²) < 4.78 is 0. The highest BCUT2D eigenvalue weighted by Crippen LogP contribution is 2.35. The molecular weight excluding hydrogens is 284 g/mol. The first-order valence-electron chi connectivity index (χ1n) is 6.01. The molecule has 1 heterocycles. The van der Waals surface area contributed by atoms with Crippen LogP contribution in [-0.2, 0) is 11.3 Å². The Morgan fingerprint density at radius 3 is 2.62 bits per heavy atom. The lowest BCUT2D eigenvalue weighted by atomic mass is 10.1. The number of non-ortho nitro benzene ring substituents is 1. The molecule has 114 valence electrons.